The Hall–Kier alpha value is -1.61. The largest absolute Gasteiger partial charge is 0.452 e. The lowest BCUT2D eigenvalue weighted by molar-refractivity contribution is 0.473. The van der Waals surface area contributed by atoms with Crippen LogP contribution in [0.5, 0.6) is 11.5 Å². The van der Waals surface area contributed by atoms with Crippen LogP contribution in [0.15, 0.2) is 30.5 Å². The van der Waals surface area contributed by atoms with Crippen molar-refractivity contribution in [3.8, 4) is 11.5 Å². The summed E-state index contributed by atoms with van der Waals surface area (Å²) in [6.45, 7) is 3.76. The number of nitrogens with zero attached hydrogens (tertiary/aromatic N) is 2. The SMILES string of the molecule is Cc1ccc(Oc2cccnc2C)c(Cl)n1. The highest BCUT2D eigenvalue weighted by molar-refractivity contribution is 6.30. The smallest absolute Gasteiger partial charge is 0.171 e. The third-order valence-electron chi connectivity index (χ3n) is 2.13. The van der Waals surface area contributed by atoms with E-state index >= 15 is 0 Å². The lowest BCUT2D eigenvalue weighted by Crippen LogP contribution is -1.92. The van der Waals surface area contributed by atoms with E-state index in [4.69, 9.17) is 16.3 Å². The third kappa shape index (κ3) is 2.31. The van der Waals surface area contributed by atoms with E-state index in [1.165, 1.54) is 0 Å². The molecule has 2 rings (SSSR count). The van der Waals surface area contributed by atoms with Crippen LogP contribution in [-0.4, -0.2) is 9.97 Å². The van der Waals surface area contributed by atoms with Gasteiger partial charge in [-0.05, 0) is 38.1 Å². The van der Waals surface area contributed by atoms with Gasteiger partial charge in [-0.1, -0.05) is 11.6 Å². The maximum absolute atomic E-state index is 5.98. The molecule has 4 heteroatoms. The fraction of sp³-hybridized carbons (Fsp3) is 0.167. The van der Waals surface area contributed by atoms with Crippen LogP contribution in [0.25, 0.3) is 0 Å². The third-order valence-corrected chi connectivity index (χ3v) is 2.40. The van der Waals surface area contributed by atoms with Gasteiger partial charge < -0.3 is 4.74 Å². The van der Waals surface area contributed by atoms with Crippen molar-refractivity contribution in [2.45, 2.75) is 13.8 Å². The van der Waals surface area contributed by atoms with Crippen LogP contribution in [-0.2, 0) is 0 Å². The molecule has 0 atom stereocenters. The first-order valence-electron chi connectivity index (χ1n) is 4.89. The summed E-state index contributed by atoms with van der Waals surface area (Å²) in [5, 5.41) is 0.364. The minimum absolute atomic E-state index is 0.364. The zero-order valence-electron chi connectivity index (χ0n) is 9.07. The molecule has 0 amide bonds. The normalized spacial score (nSPS) is 10.2. The first-order valence-corrected chi connectivity index (χ1v) is 5.27. The van der Waals surface area contributed by atoms with Crippen molar-refractivity contribution in [3.63, 3.8) is 0 Å². The number of rotatable bonds is 2. The Morgan fingerprint density at radius 2 is 1.94 bits per heavy atom. The molecule has 0 aliphatic carbocycles. The summed E-state index contributed by atoms with van der Waals surface area (Å²) in [6.07, 6.45) is 1.72. The minimum Gasteiger partial charge on any atom is -0.452 e. The van der Waals surface area contributed by atoms with Crippen LogP contribution in [0.4, 0.5) is 0 Å². The predicted octanol–water partition coefficient (Wildman–Crippen LogP) is 3.54. The summed E-state index contributed by atoms with van der Waals surface area (Å²) in [7, 11) is 0. The van der Waals surface area contributed by atoms with E-state index in [2.05, 4.69) is 9.97 Å². The van der Waals surface area contributed by atoms with Crippen molar-refractivity contribution < 1.29 is 4.74 Å². The Morgan fingerprint density at radius 3 is 2.62 bits per heavy atom. The summed E-state index contributed by atoms with van der Waals surface area (Å²) < 4.78 is 5.64. The van der Waals surface area contributed by atoms with Gasteiger partial charge in [-0.25, -0.2) is 4.98 Å². The Bertz CT molecular complexity index is 514. The summed E-state index contributed by atoms with van der Waals surface area (Å²) in [4.78, 5) is 8.25. The Morgan fingerprint density at radius 1 is 1.12 bits per heavy atom. The van der Waals surface area contributed by atoms with Crippen molar-refractivity contribution in [2.24, 2.45) is 0 Å². The number of hydrogen-bond acceptors (Lipinski definition) is 3. The molecular formula is C12H11ClN2O. The molecule has 0 N–H and O–H groups in total. The molecule has 2 aromatic rings. The van der Waals surface area contributed by atoms with Crippen molar-refractivity contribution in [2.75, 3.05) is 0 Å². The molecule has 0 spiro atoms. The molecule has 0 radical (unpaired) electrons. The molecular weight excluding hydrogens is 224 g/mol. The zero-order valence-corrected chi connectivity index (χ0v) is 9.82. The van der Waals surface area contributed by atoms with Gasteiger partial charge in [0.05, 0.1) is 5.69 Å². The first-order chi connectivity index (χ1) is 7.66. The highest BCUT2D eigenvalue weighted by atomic mass is 35.5. The lowest BCUT2D eigenvalue weighted by Gasteiger charge is -2.08. The van der Waals surface area contributed by atoms with Crippen LogP contribution in [0, 0.1) is 13.8 Å². The second-order valence-corrected chi connectivity index (χ2v) is 3.79. The fourth-order valence-corrected chi connectivity index (χ4v) is 1.52. The Balaban J connectivity index is 2.31. The fourth-order valence-electron chi connectivity index (χ4n) is 1.28. The topological polar surface area (TPSA) is 35.0 Å². The molecule has 0 saturated carbocycles. The van der Waals surface area contributed by atoms with Gasteiger partial charge in [0.25, 0.3) is 0 Å². The molecule has 2 heterocycles. The van der Waals surface area contributed by atoms with Gasteiger partial charge in [-0.15, -0.1) is 0 Å². The summed E-state index contributed by atoms with van der Waals surface area (Å²) >= 11 is 5.98. The number of pyridine rings is 2. The Labute approximate surface area is 99.1 Å². The quantitative estimate of drug-likeness (QED) is 0.746. The standard InChI is InChI=1S/C12H11ClN2O/c1-8-5-6-11(12(13)15-8)16-10-4-3-7-14-9(10)2/h3-7H,1-2H3. The number of ether oxygens (including phenoxy) is 1. The van der Waals surface area contributed by atoms with Crippen LogP contribution >= 0.6 is 11.6 Å². The minimum atomic E-state index is 0.364. The highest BCUT2D eigenvalue weighted by Gasteiger charge is 2.06. The molecule has 0 fully saturated rings. The van der Waals surface area contributed by atoms with Gasteiger partial charge in [0.15, 0.2) is 10.9 Å². The van der Waals surface area contributed by atoms with Crippen molar-refractivity contribution in [1.82, 2.24) is 9.97 Å². The second-order valence-electron chi connectivity index (χ2n) is 3.43. The number of aryl methyl sites for hydroxylation is 2. The molecule has 0 aromatic carbocycles. The van der Waals surface area contributed by atoms with Gasteiger partial charge in [-0.3, -0.25) is 4.98 Å². The monoisotopic (exact) mass is 234 g/mol. The van der Waals surface area contributed by atoms with Crippen LogP contribution in [0.3, 0.4) is 0 Å². The average Bonchev–Trinajstić information content (AvgIpc) is 2.25. The maximum Gasteiger partial charge on any atom is 0.171 e. The first kappa shape index (κ1) is 10.9. The molecule has 16 heavy (non-hydrogen) atoms. The molecule has 2 aromatic heterocycles. The number of aromatic nitrogens is 2. The molecule has 0 unspecified atom stereocenters. The summed E-state index contributed by atoms with van der Waals surface area (Å²) in [5.74, 6) is 1.23. The van der Waals surface area contributed by atoms with Crippen molar-refractivity contribution >= 4 is 11.6 Å². The number of hydrogen-bond donors (Lipinski definition) is 0. The van der Waals surface area contributed by atoms with Gasteiger partial charge in [0.2, 0.25) is 0 Å². The molecule has 82 valence electrons. The zero-order chi connectivity index (χ0) is 11.5. The molecule has 0 aliphatic heterocycles. The van der Waals surface area contributed by atoms with E-state index in [1.807, 2.05) is 32.0 Å². The summed E-state index contributed by atoms with van der Waals surface area (Å²) in [6, 6.07) is 7.32. The molecule has 0 bridgehead atoms. The van der Waals surface area contributed by atoms with E-state index in [1.54, 1.807) is 12.3 Å². The van der Waals surface area contributed by atoms with Gasteiger partial charge >= 0.3 is 0 Å². The lowest BCUT2D eigenvalue weighted by atomic mass is 10.3. The van der Waals surface area contributed by atoms with Gasteiger partial charge in [0.1, 0.15) is 5.75 Å². The number of halogens is 1. The predicted molar refractivity (Wildman–Crippen MR) is 63.0 cm³/mol. The molecule has 3 nitrogen and oxygen atoms in total. The van der Waals surface area contributed by atoms with Crippen molar-refractivity contribution in [1.29, 1.82) is 0 Å². The van der Waals surface area contributed by atoms with E-state index in [-0.39, 0.29) is 0 Å². The second kappa shape index (κ2) is 4.49. The van der Waals surface area contributed by atoms with Crippen LogP contribution < -0.4 is 4.74 Å². The van der Waals surface area contributed by atoms with E-state index in [9.17, 15) is 0 Å². The summed E-state index contributed by atoms with van der Waals surface area (Å²) in [5.41, 5.74) is 1.68. The molecule has 0 aliphatic rings. The van der Waals surface area contributed by atoms with E-state index in [0.29, 0.717) is 16.7 Å². The van der Waals surface area contributed by atoms with Crippen LogP contribution in [0.1, 0.15) is 11.4 Å². The van der Waals surface area contributed by atoms with Crippen LogP contribution in [0.2, 0.25) is 5.15 Å². The average molecular weight is 235 g/mol. The maximum atomic E-state index is 5.98. The Kier molecular flexibility index (Phi) is 3.06. The van der Waals surface area contributed by atoms with E-state index < -0.39 is 0 Å². The van der Waals surface area contributed by atoms with Gasteiger partial charge in [-0.2, -0.15) is 0 Å². The highest BCUT2D eigenvalue weighted by Crippen LogP contribution is 2.28. The van der Waals surface area contributed by atoms with Gasteiger partial charge in [0, 0.05) is 11.9 Å². The van der Waals surface area contributed by atoms with E-state index in [0.717, 1.165) is 11.4 Å². The molecule has 0 saturated heterocycles. The van der Waals surface area contributed by atoms with Crippen molar-refractivity contribution in [3.05, 3.63) is 47.0 Å².